The third-order valence-corrected chi connectivity index (χ3v) is 2.78. The van der Waals surface area contributed by atoms with Crippen LogP contribution in [0.15, 0.2) is 0 Å². The van der Waals surface area contributed by atoms with Crippen molar-refractivity contribution in [3.8, 4) is 0 Å². The lowest BCUT2D eigenvalue weighted by Crippen LogP contribution is -2.31. The van der Waals surface area contributed by atoms with Crippen molar-refractivity contribution in [2.75, 3.05) is 0 Å². The highest BCUT2D eigenvalue weighted by atomic mass is 16.5. The summed E-state index contributed by atoms with van der Waals surface area (Å²) in [5.41, 5.74) is 0. The molecule has 1 unspecified atom stereocenters. The molecule has 0 saturated carbocycles. The Balaban J connectivity index is 3.32. The molecule has 0 aliphatic rings. The van der Waals surface area contributed by atoms with Gasteiger partial charge in [0.2, 0.25) is 0 Å². The summed E-state index contributed by atoms with van der Waals surface area (Å²) in [4.78, 5) is 0. The topological polar surface area (TPSA) is 80.9 Å². The Morgan fingerprint density at radius 3 is 1.80 bits per heavy atom. The molecule has 0 fully saturated rings. The Bertz CT molecular complexity index is 151. The molecular weight excluding hydrogens is 196 g/mol. The lowest BCUT2D eigenvalue weighted by molar-refractivity contribution is -0.182. The van der Waals surface area contributed by atoms with Crippen molar-refractivity contribution >= 4 is 0 Å². The Labute approximate surface area is 91.6 Å². The van der Waals surface area contributed by atoms with Crippen LogP contribution in [0.3, 0.4) is 0 Å². The minimum absolute atomic E-state index is 0.124. The minimum Gasteiger partial charge on any atom is -0.368 e. The van der Waals surface area contributed by atoms with Crippen LogP contribution in [-0.2, 0) is 0 Å². The first-order chi connectivity index (χ1) is 6.84. The standard InChI is InChI=1S/C11H24O4/c1-9(11(2,14)15)7-5-3-4-6-8-10(12)13/h9-10,12-15H,3-8H2,1-2H3. The van der Waals surface area contributed by atoms with Gasteiger partial charge in [-0.3, -0.25) is 0 Å². The third kappa shape index (κ3) is 8.81. The van der Waals surface area contributed by atoms with E-state index in [0.717, 1.165) is 32.1 Å². The van der Waals surface area contributed by atoms with Crippen LogP contribution >= 0.6 is 0 Å². The predicted octanol–water partition coefficient (Wildman–Crippen LogP) is 0.975. The lowest BCUT2D eigenvalue weighted by atomic mass is 9.95. The molecule has 0 aliphatic heterocycles. The van der Waals surface area contributed by atoms with Crippen molar-refractivity contribution in [2.24, 2.45) is 5.92 Å². The molecule has 4 heteroatoms. The van der Waals surface area contributed by atoms with Gasteiger partial charge < -0.3 is 20.4 Å². The summed E-state index contributed by atoms with van der Waals surface area (Å²) in [7, 11) is 0. The third-order valence-electron chi connectivity index (χ3n) is 2.78. The Morgan fingerprint density at radius 2 is 1.40 bits per heavy atom. The molecule has 0 spiro atoms. The van der Waals surface area contributed by atoms with E-state index in [4.69, 9.17) is 10.2 Å². The van der Waals surface area contributed by atoms with Crippen LogP contribution in [-0.4, -0.2) is 32.5 Å². The van der Waals surface area contributed by atoms with Gasteiger partial charge in [0.1, 0.15) is 0 Å². The fourth-order valence-electron chi connectivity index (χ4n) is 1.40. The highest BCUT2D eigenvalue weighted by Crippen LogP contribution is 2.20. The van der Waals surface area contributed by atoms with E-state index in [0.29, 0.717) is 6.42 Å². The van der Waals surface area contributed by atoms with E-state index in [2.05, 4.69) is 0 Å². The van der Waals surface area contributed by atoms with E-state index in [9.17, 15) is 10.2 Å². The monoisotopic (exact) mass is 220 g/mol. The molecule has 0 radical (unpaired) electrons. The predicted molar refractivity (Wildman–Crippen MR) is 57.9 cm³/mol. The summed E-state index contributed by atoms with van der Waals surface area (Å²) >= 11 is 0. The zero-order chi connectivity index (χ0) is 11.9. The summed E-state index contributed by atoms with van der Waals surface area (Å²) < 4.78 is 0. The van der Waals surface area contributed by atoms with Crippen LogP contribution in [0.1, 0.15) is 52.4 Å². The summed E-state index contributed by atoms with van der Waals surface area (Å²) in [6, 6.07) is 0. The van der Waals surface area contributed by atoms with Crippen LogP contribution in [0, 0.1) is 5.92 Å². The van der Waals surface area contributed by atoms with E-state index in [-0.39, 0.29) is 5.92 Å². The fourth-order valence-corrected chi connectivity index (χ4v) is 1.40. The van der Waals surface area contributed by atoms with Crippen LogP contribution in [0.2, 0.25) is 0 Å². The molecule has 0 aromatic carbocycles. The summed E-state index contributed by atoms with van der Waals surface area (Å²) in [6.07, 6.45) is 3.71. The van der Waals surface area contributed by atoms with Crippen molar-refractivity contribution in [2.45, 2.75) is 64.4 Å². The van der Waals surface area contributed by atoms with Gasteiger partial charge in [0.25, 0.3) is 0 Å². The van der Waals surface area contributed by atoms with Gasteiger partial charge >= 0.3 is 0 Å². The first-order valence-electron chi connectivity index (χ1n) is 5.65. The SMILES string of the molecule is CC(CCCCCCC(O)O)C(C)(O)O. The molecule has 0 saturated heterocycles. The second-order valence-corrected chi connectivity index (χ2v) is 4.47. The van der Waals surface area contributed by atoms with E-state index in [1.807, 2.05) is 6.92 Å². The van der Waals surface area contributed by atoms with Gasteiger partial charge in [-0.05, 0) is 26.2 Å². The van der Waals surface area contributed by atoms with Crippen molar-refractivity contribution in [1.29, 1.82) is 0 Å². The van der Waals surface area contributed by atoms with E-state index >= 15 is 0 Å². The molecule has 15 heavy (non-hydrogen) atoms. The molecule has 0 aromatic heterocycles. The normalized spacial score (nSPS) is 14.6. The van der Waals surface area contributed by atoms with Gasteiger partial charge in [0.05, 0.1) is 0 Å². The number of rotatable bonds is 8. The fraction of sp³-hybridized carbons (Fsp3) is 1.00. The van der Waals surface area contributed by atoms with Crippen LogP contribution in [0.25, 0.3) is 0 Å². The van der Waals surface area contributed by atoms with E-state index in [1.54, 1.807) is 0 Å². The second kappa shape index (κ2) is 7.17. The van der Waals surface area contributed by atoms with Gasteiger partial charge in [-0.2, -0.15) is 0 Å². The number of hydrogen-bond donors (Lipinski definition) is 4. The van der Waals surface area contributed by atoms with Gasteiger partial charge in [-0.15, -0.1) is 0 Å². The largest absolute Gasteiger partial charge is 0.368 e. The van der Waals surface area contributed by atoms with Crippen molar-refractivity contribution in [3.63, 3.8) is 0 Å². The zero-order valence-corrected chi connectivity index (χ0v) is 9.69. The summed E-state index contributed by atoms with van der Waals surface area (Å²) in [5.74, 6) is -1.71. The van der Waals surface area contributed by atoms with Crippen LogP contribution in [0.5, 0.6) is 0 Å². The Hall–Kier alpha value is -0.160. The maximum absolute atomic E-state index is 9.25. The molecule has 0 amide bonds. The number of aliphatic hydroxyl groups excluding tert-OH is 1. The summed E-state index contributed by atoms with van der Waals surface area (Å²) in [6.45, 7) is 3.22. The lowest BCUT2D eigenvalue weighted by Gasteiger charge is -2.24. The number of unbranched alkanes of at least 4 members (excludes halogenated alkanes) is 3. The molecule has 0 aliphatic carbocycles. The first-order valence-corrected chi connectivity index (χ1v) is 5.65. The molecule has 0 rings (SSSR count). The van der Waals surface area contributed by atoms with Gasteiger partial charge in [-0.1, -0.05) is 26.2 Å². The molecular formula is C11H24O4. The van der Waals surface area contributed by atoms with Gasteiger partial charge in [0, 0.05) is 5.92 Å². The molecule has 0 aromatic rings. The number of hydrogen-bond acceptors (Lipinski definition) is 4. The Kier molecular flexibility index (Phi) is 7.09. The van der Waals surface area contributed by atoms with Crippen LogP contribution < -0.4 is 0 Å². The maximum atomic E-state index is 9.25. The Morgan fingerprint density at radius 1 is 0.933 bits per heavy atom. The minimum atomic E-state index is -1.58. The highest BCUT2D eigenvalue weighted by Gasteiger charge is 2.23. The van der Waals surface area contributed by atoms with Gasteiger partial charge in [0.15, 0.2) is 12.1 Å². The molecule has 0 heterocycles. The van der Waals surface area contributed by atoms with E-state index < -0.39 is 12.1 Å². The van der Waals surface area contributed by atoms with Crippen molar-refractivity contribution in [1.82, 2.24) is 0 Å². The summed E-state index contributed by atoms with van der Waals surface area (Å²) in [5, 5.41) is 35.7. The quantitative estimate of drug-likeness (QED) is 0.363. The molecule has 4 N–H and O–H groups in total. The molecule has 4 nitrogen and oxygen atoms in total. The zero-order valence-electron chi connectivity index (χ0n) is 9.69. The molecule has 1 atom stereocenters. The average molecular weight is 220 g/mol. The maximum Gasteiger partial charge on any atom is 0.162 e. The van der Waals surface area contributed by atoms with Crippen molar-refractivity contribution < 1.29 is 20.4 Å². The highest BCUT2D eigenvalue weighted by molar-refractivity contribution is 4.66. The first kappa shape index (κ1) is 14.8. The van der Waals surface area contributed by atoms with Gasteiger partial charge in [-0.25, -0.2) is 0 Å². The average Bonchev–Trinajstić information content (AvgIpc) is 2.08. The molecule has 92 valence electrons. The number of aliphatic hydroxyl groups is 4. The molecule has 0 bridgehead atoms. The van der Waals surface area contributed by atoms with Crippen LogP contribution in [0.4, 0.5) is 0 Å². The van der Waals surface area contributed by atoms with Crippen molar-refractivity contribution in [3.05, 3.63) is 0 Å². The smallest absolute Gasteiger partial charge is 0.162 e. The second-order valence-electron chi connectivity index (χ2n) is 4.47. The van der Waals surface area contributed by atoms with E-state index in [1.165, 1.54) is 6.92 Å².